The molecular weight excluding hydrogens is 276 g/mol. The van der Waals surface area contributed by atoms with E-state index in [0.717, 1.165) is 11.1 Å². The summed E-state index contributed by atoms with van der Waals surface area (Å²) >= 11 is 0. The molecule has 2 aromatic rings. The summed E-state index contributed by atoms with van der Waals surface area (Å²) in [7, 11) is 0. The Balaban J connectivity index is 1.57. The zero-order valence-electron chi connectivity index (χ0n) is 12.4. The average Bonchev–Trinajstić information content (AvgIpc) is 3.29. The van der Waals surface area contributed by atoms with Crippen molar-refractivity contribution in [2.75, 3.05) is 13.1 Å². The highest BCUT2D eigenvalue weighted by Gasteiger charge is 2.40. The van der Waals surface area contributed by atoms with E-state index in [1.165, 1.54) is 12.8 Å². The third-order valence-corrected chi connectivity index (χ3v) is 4.58. The summed E-state index contributed by atoms with van der Waals surface area (Å²) in [6.45, 7) is 1.33. The second-order valence-corrected chi connectivity index (χ2v) is 6.22. The van der Waals surface area contributed by atoms with Gasteiger partial charge in [-0.1, -0.05) is 30.3 Å². The zero-order chi connectivity index (χ0) is 14.9. The summed E-state index contributed by atoms with van der Waals surface area (Å²) in [5.74, 6) is 0.712. The molecule has 2 fully saturated rings. The number of ether oxygens (including phenoxy) is 1. The smallest absolute Gasteiger partial charge is 0.255 e. The third kappa shape index (κ3) is 2.66. The van der Waals surface area contributed by atoms with Crippen molar-refractivity contribution in [2.24, 2.45) is 5.92 Å². The number of H-pyrrole nitrogens is 1. The molecule has 1 aromatic heterocycles. The van der Waals surface area contributed by atoms with Crippen LogP contribution in [0, 0.1) is 5.92 Å². The fraction of sp³-hybridized carbons (Fsp3) is 0.389. The Hall–Kier alpha value is -2.07. The maximum atomic E-state index is 12.7. The van der Waals surface area contributed by atoms with Gasteiger partial charge in [-0.25, -0.2) is 0 Å². The van der Waals surface area contributed by atoms with Gasteiger partial charge in [0, 0.05) is 18.9 Å². The molecule has 1 amide bonds. The third-order valence-electron chi connectivity index (χ3n) is 4.58. The number of rotatable bonds is 3. The molecule has 0 unspecified atom stereocenters. The van der Waals surface area contributed by atoms with E-state index in [9.17, 15) is 4.79 Å². The first-order chi connectivity index (χ1) is 10.8. The van der Waals surface area contributed by atoms with E-state index in [2.05, 4.69) is 17.1 Å². The Labute approximate surface area is 130 Å². The zero-order valence-corrected chi connectivity index (χ0v) is 12.4. The second-order valence-electron chi connectivity index (χ2n) is 6.22. The van der Waals surface area contributed by atoms with E-state index in [1.807, 2.05) is 29.2 Å². The van der Waals surface area contributed by atoms with E-state index in [0.29, 0.717) is 19.0 Å². The van der Waals surface area contributed by atoms with Gasteiger partial charge in [-0.15, -0.1) is 0 Å². The van der Waals surface area contributed by atoms with Crippen molar-refractivity contribution in [1.29, 1.82) is 0 Å². The monoisotopic (exact) mass is 296 g/mol. The van der Waals surface area contributed by atoms with Gasteiger partial charge < -0.3 is 14.6 Å². The number of carbonyl (C=O) groups is 1. The van der Waals surface area contributed by atoms with Crippen LogP contribution in [0.25, 0.3) is 0 Å². The number of aromatic amines is 1. The van der Waals surface area contributed by atoms with Crippen molar-refractivity contribution >= 4 is 5.91 Å². The number of nitrogens with zero attached hydrogens (tertiary/aromatic N) is 1. The predicted octanol–water partition coefficient (Wildman–Crippen LogP) is 3.01. The van der Waals surface area contributed by atoms with Crippen LogP contribution in [0.1, 0.15) is 34.9 Å². The lowest BCUT2D eigenvalue weighted by molar-refractivity contribution is -0.0863. The van der Waals surface area contributed by atoms with E-state index in [-0.39, 0.29) is 18.1 Å². The lowest BCUT2D eigenvalue weighted by Crippen LogP contribution is -2.47. The molecule has 1 aliphatic heterocycles. The number of hydrogen-bond donors (Lipinski definition) is 1. The molecule has 4 heteroatoms. The van der Waals surface area contributed by atoms with E-state index >= 15 is 0 Å². The fourth-order valence-electron chi connectivity index (χ4n) is 3.17. The highest BCUT2D eigenvalue weighted by atomic mass is 16.5. The molecule has 1 saturated carbocycles. The number of amides is 1. The summed E-state index contributed by atoms with van der Waals surface area (Å²) in [5, 5.41) is 0. The fourth-order valence-corrected chi connectivity index (χ4v) is 3.17. The Morgan fingerprint density at radius 3 is 2.64 bits per heavy atom. The number of nitrogens with one attached hydrogen (secondary N) is 1. The second kappa shape index (κ2) is 5.61. The van der Waals surface area contributed by atoms with Gasteiger partial charge >= 0.3 is 0 Å². The van der Waals surface area contributed by atoms with E-state index < -0.39 is 0 Å². The highest BCUT2D eigenvalue weighted by molar-refractivity contribution is 5.94. The van der Waals surface area contributed by atoms with Gasteiger partial charge in [0.2, 0.25) is 0 Å². The number of carbonyl (C=O) groups excluding carboxylic acids is 1. The minimum atomic E-state index is -0.0246. The lowest BCUT2D eigenvalue weighted by Gasteiger charge is -2.38. The van der Waals surface area contributed by atoms with Crippen LogP contribution in [0.15, 0.2) is 48.8 Å². The summed E-state index contributed by atoms with van der Waals surface area (Å²) in [6, 6.07) is 12.1. The van der Waals surface area contributed by atoms with Gasteiger partial charge in [-0.05, 0) is 30.4 Å². The Morgan fingerprint density at radius 1 is 1.14 bits per heavy atom. The molecule has 114 valence electrons. The first kappa shape index (κ1) is 13.6. The standard InChI is InChI=1S/C18H20N2O2/c21-18(15-8-9-19-10-15)20-11-16(13-4-2-1-3-5-13)22-17(12-20)14-6-7-14/h1-5,8-10,14,16-17,19H,6-7,11-12H2/t16-,17+/m0/s1. The van der Waals surface area contributed by atoms with Crippen molar-refractivity contribution in [3.8, 4) is 0 Å². The Bertz CT molecular complexity index is 634. The maximum Gasteiger partial charge on any atom is 0.255 e. The molecule has 1 aliphatic carbocycles. The van der Waals surface area contributed by atoms with Crippen LogP contribution in [-0.2, 0) is 4.74 Å². The van der Waals surface area contributed by atoms with Gasteiger partial charge in [0.05, 0.1) is 18.2 Å². The van der Waals surface area contributed by atoms with Crippen LogP contribution in [0.2, 0.25) is 0 Å². The first-order valence-electron chi connectivity index (χ1n) is 7.94. The molecular formula is C18H20N2O2. The van der Waals surface area contributed by atoms with Crippen molar-refractivity contribution in [1.82, 2.24) is 9.88 Å². The number of aromatic nitrogens is 1. The number of benzene rings is 1. The topological polar surface area (TPSA) is 45.3 Å². The molecule has 2 aliphatic rings. The summed E-state index contributed by atoms with van der Waals surface area (Å²) in [5.41, 5.74) is 1.88. The van der Waals surface area contributed by atoms with Crippen LogP contribution >= 0.6 is 0 Å². The number of morpholine rings is 1. The van der Waals surface area contributed by atoms with Crippen LogP contribution in [0.5, 0.6) is 0 Å². The largest absolute Gasteiger partial charge is 0.367 e. The van der Waals surface area contributed by atoms with Gasteiger partial charge in [0.25, 0.3) is 5.91 Å². The summed E-state index contributed by atoms with van der Waals surface area (Å²) < 4.78 is 6.29. The lowest BCUT2D eigenvalue weighted by atomic mass is 10.0. The molecule has 0 spiro atoms. The molecule has 1 aromatic carbocycles. The molecule has 1 N–H and O–H groups in total. The van der Waals surface area contributed by atoms with E-state index in [4.69, 9.17) is 4.74 Å². The maximum absolute atomic E-state index is 12.7. The molecule has 2 atom stereocenters. The van der Waals surface area contributed by atoms with Gasteiger partial charge in [0.15, 0.2) is 0 Å². The molecule has 0 radical (unpaired) electrons. The minimum absolute atomic E-state index is 0.0246. The summed E-state index contributed by atoms with van der Waals surface area (Å²) in [6.07, 6.45) is 6.14. The van der Waals surface area contributed by atoms with Gasteiger partial charge in [-0.2, -0.15) is 0 Å². The Morgan fingerprint density at radius 2 is 1.95 bits per heavy atom. The molecule has 0 bridgehead atoms. The van der Waals surface area contributed by atoms with Crippen LogP contribution < -0.4 is 0 Å². The highest BCUT2D eigenvalue weighted by Crippen LogP contribution is 2.39. The van der Waals surface area contributed by atoms with Crippen LogP contribution in [0.3, 0.4) is 0 Å². The average molecular weight is 296 g/mol. The van der Waals surface area contributed by atoms with Crippen molar-refractivity contribution in [3.63, 3.8) is 0 Å². The van der Waals surface area contributed by atoms with Crippen molar-refractivity contribution < 1.29 is 9.53 Å². The molecule has 2 heterocycles. The van der Waals surface area contributed by atoms with Crippen LogP contribution in [0.4, 0.5) is 0 Å². The van der Waals surface area contributed by atoms with Crippen molar-refractivity contribution in [3.05, 3.63) is 59.9 Å². The molecule has 4 nitrogen and oxygen atoms in total. The molecule has 22 heavy (non-hydrogen) atoms. The molecule has 1 saturated heterocycles. The normalized spacial score (nSPS) is 25.2. The van der Waals surface area contributed by atoms with Gasteiger partial charge in [0.1, 0.15) is 6.10 Å². The van der Waals surface area contributed by atoms with E-state index in [1.54, 1.807) is 12.4 Å². The number of hydrogen-bond acceptors (Lipinski definition) is 2. The van der Waals surface area contributed by atoms with Crippen molar-refractivity contribution in [2.45, 2.75) is 25.0 Å². The van der Waals surface area contributed by atoms with Gasteiger partial charge in [-0.3, -0.25) is 4.79 Å². The summed E-state index contributed by atoms with van der Waals surface area (Å²) in [4.78, 5) is 17.6. The molecule has 4 rings (SSSR count). The quantitative estimate of drug-likeness (QED) is 0.946. The Kier molecular flexibility index (Phi) is 3.47. The van der Waals surface area contributed by atoms with Crippen LogP contribution in [-0.4, -0.2) is 35.0 Å². The predicted molar refractivity (Wildman–Crippen MR) is 83.5 cm³/mol. The first-order valence-corrected chi connectivity index (χ1v) is 7.94. The minimum Gasteiger partial charge on any atom is -0.367 e. The SMILES string of the molecule is O=C(c1cc[nH]c1)N1C[C@@H](c2ccccc2)O[C@@H](C2CC2)C1.